The third kappa shape index (κ3) is 3.08. The molecule has 0 spiro atoms. The van der Waals surface area contributed by atoms with Gasteiger partial charge in [0.05, 0.1) is 12.3 Å². The molecule has 3 aromatic rings. The van der Waals surface area contributed by atoms with Gasteiger partial charge in [-0.05, 0) is 37.6 Å². The molecule has 0 aliphatic rings. The smallest absolute Gasteiger partial charge is 0.270 e. The van der Waals surface area contributed by atoms with Crippen LogP contribution in [0.5, 0.6) is 5.75 Å². The summed E-state index contributed by atoms with van der Waals surface area (Å²) in [5.74, 6) is 0.460. The number of carbonyl (C=O) groups excluding carboxylic acids is 1. The van der Waals surface area contributed by atoms with E-state index in [4.69, 9.17) is 16.3 Å². The Hall–Kier alpha value is -2.53. The second-order valence-electron chi connectivity index (χ2n) is 5.32. The van der Waals surface area contributed by atoms with Crippen molar-refractivity contribution in [2.75, 3.05) is 6.61 Å². The third-order valence-corrected chi connectivity index (χ3v) is 4.07. The first-order valence-electron chi connectivity index (χ1n) is 7.74. The minimum atomic E-state index is -0.200. The molecule has 2 aromatic heterocycles. The number of carbonyl (C=O) groups is 1. The van der Waals surface area contributed by atoms with Crippen molar-refractivity contribution in [1.82, 2.24) is 14.7 Å². The number of nitrogens with one attached hydrogen (secondary N) is 1. The van der Waals surface area contributed by atoms with Gasteiger partial charge < -0.3 is 10.1 Å². The number of nitrogens with zero attached hydrogens (tertiary/aromatic N) is 2. The fraction of sp³-hybridized carbons (Fsp3) is 0.222. The van der Waals surface area contributed by atoms with Gasteiger partial charge in [0, 0.05) is 17.8 Å². The van der Waals surface area contributed by atoms with Gasteiger partial charge in [-0.3, -0.25) is 9.20 Å². The van der Waals surface area contributed by atoms with Gasteiger partial charge in [-0.15, -0.1) is 0 Å². The maximum atomic E-state index is 12.6. The van der Waals surface area contributed by atoms with E-state index in [2.05, 4.69) is 10.3 Å². The average Bonchev–Trinajstić information content (AvgIpc) is 2.91. The van der Waals surface area contributed by atoms with Crippen LogP contribution < -0.4 is 10.1 Å². The second kappa shape index (κ2) is 6.93. The third-order valence-electron chi connectivity index (χ3n) is 3.70. The number of imidazole rings is 1. The van der Waals surface area contributed by atoms with Crippen molar-refractivity contribution in [2.24, 2.45) is 0 Å². The highest BCUT2D eigenvalue weighted by Crippen LogP contribution is 2.22. The number of aromatic nitrogens is 2. The standard InChI is InChI=1S/C18H18ClN3O2/c1-3-24-15-9-6-10-22-16(12(2)21-17(15)22)18(23)20-11-13-7-4-5-8-14(13)19/h4-10H,3,11H2,1-2H3,(H,20,23). The molecular formula is C18H18ClN3O2. The van der Waals surface area contributed by atoms with E-state index >= 15 is 0 Å². The molecule has 0 bridgehead atoms. The topological polar surface area (TPSA) is 55.6 Å². The minimum Gasteiger partial charge on any atom is -0.490 e. The number of pyridine rings is 1. The number of fused-ring (bicyclic) bond motifs is 1. The van der Waals surface area contributed by atoms with E-state index in [1.54, 1.807) is 10.5 Å². The summed E-state index contributed by atoms with van der Waals surface area (Å²) in [6.07, 6.45) is 1.81. The van der Waals surface area contributed by atoms with E-state index in [1.165, 1.54) is 0 Å². The van der Waals surface area contributed by atoms with Crippen LogP contribution in [0.25, 0.3) is 5.65 Å². The lowest BCUT2D eigenvalue weighted by Gasteiger charge is -2.08. The van der Waals surface area contributed by atoms with Crippen molar-refractivity contribution < 1.29 is 9.53 Å². The van der Waals surface area contributed by atoms with Crippen molar-refractivity contribution in [2.45, 2.75) is 20.4 Å². The molecular weight excluding hydrogens is 326 g/mol. The first-order valence-corrected chi connectivity index (χ1v) is 8.11. The maximum Gasteiger partial charge on any atom is 0.270 e. The van der Waals surface area contributed by atoms with Crippen molar-refractivity contribution in [3.05, 3.63) is 64.6 Å². The van der Waals surface area contributed by atoms with Crippen molar-refractivity contribution >= 4 is 23.2 Å². The number of hydrogen-bond donors (Lipinski definition) is 1. The zero-order valence-corrected chi connectivity index (χ0v) is 14.3. The van der Waals surface area contributed by atoms with Gasteiger partial charge in [-0.1, -0.05) is 29.8 Å². The van der Waals surface area contributed by atoms with Gasteiger partial charge >= 0.3 is 0 Å². The van der Waals surface area contributed by atoms with Gasteiger partial charge in [0.1, 0.15) is 5.69 Å². The Morgan fingerprint density at radius 2 is 2.08 bits per heavy atom. The summed E-state index contributed by atoms with van der Waals surface area (Å²) >= 11 is 6.13. The fourth-order valence-corrected chi connectivity index (χ4v) is 2.80. The molecule has 3 rings (SSSR count). The van der Waals surface area contributed by atoms with Crippen LogP contribution in [0.2, 0.25) is 5.02 Å². The molecule has 1 N–H and O–H groups in total. The Balaban J connectivity index is 1.89. The minimum absolute atomic E-state index is 0.200. The summed E-state index contributed by atoms with van der Waals surface area (Å²) in [6.45, 7) is 4.62. The van der Waals surface area contributed by atoms with Crippen LogP contribution in [0.3, 0.4) is 0 Å². The monoisotopic (exact) mass is 343 g/mol. The summed E-state index contributed by atoms with van der Waals surface area (Å²) in [5, 5.41) is 3.53. The molecule has 124 valence electrons. The lowest BCUT2D eigenvalue weighted by molar-refractivity contribution is 0.0944. The van der Waals surface area contributed by atoms with Gasteiger partial charge in [0.2, 0.25) is 0 Å². The van der Waals surface area contributed by atoms with Gasteiger partial charge in [0.25, 0.3) is 5.91 Å². The number of halogens is 1. The molecule has 1 aromatic carbocycles. The lowest BCUT2D eigenvalue weighted by atomic mass is 10.2. The van der Waals surface area contributed by atoms with E-state index in [0.717, 1.165) is 5.56 Å². The zero-order valence-electron chi connectivity index (χ0n) is 13.5. The molecule has 0 fully saturated rings. The Labute approximate surface area is 145 Å². The van der Waals surface area contributed by atoms with Crippen LogP contribution in [0.1, 0.15) is 28.7 Å². The molecule has 2 heterocycles. The first kappa shape index (κ1) is 16.3. The largest absolute Gasteiger partial charge is 0.490 e. The van der Waals surface area contributed by atoms with E-state index in [9.17, 15) is 4.79 Å². The Bertz CT molecular complexity index is 889. The molecule has 0 aliphatic heterocycles. The summed E-state index contributed by atoms with van der Waals surface area (Å²) in [6, 6.07) is 11.1. The molecule has 1 amide bonds. The van der Waals surface area contributed by atoms with Crippen LogP contribution in [-0.4, -0.2) is 21.9 Å². The summed E-state index contributed by atoms with van der Waals surface area (Å²) in [7, 11) is 0. The fourth-order valence-electron chi connectivity index (χ4n) is 2.60. The number of benzene rings is 1. The molecule has 0 saturated carbocycles. The number of hydrogen-bond acceptors (Lipinski definition) is 3. The SMILES string of the molecule is CCOc1cccn2c(C(=O)NCc3ccccc3Cl)c(C)nc12. The predicted molar refractivity (Wildman–Crippen MR) is 93.7 cm³/mol. The molecule has 6 heteroatoms. The van der Waals surface area contributed by atoms with Gasteiger partial charge in [-0.25, -0.2) is 4.98 Å². The van der Waals surface area contributed by atoms with Crippen LogP contribution in [0, 0.1) is 6.92 Å². The number of aryl methyl sites for hydroxylation is 1. The highest BCUT2D eigenvalue weighted by atomic mass is 35.5. The number of rotatable bonds is 5. The van der Waals surface area contributed by atoms with Crippen molar-refractivity contribution in [1.29, 1.82) is 0 Å². The van der Waals surface area contributed by atoms with E-state index in [0.29, 0.717) is 41.0 Å². The first-order chi connectivity index (χ1) is 11.6. The molecule has 24 heavy (non-hydrogen) atoms. The number of amides is 1. The quantitative estimate of drug-likeness (QED) is 0.769. The highest BCUT2D eigenvalue weighted by Gasteiger charge is 2.18. The Morgan fingerprint density at radius 1 is 1.29 bits per heavy atom. The molecule has 0 radical (unpaired) electrons. The number of ether oxygens (including phenoxy) is 1. The normalized spacial score (nSPS) is 10.8. The Morgan fingerprint density at radius 3 is 2.83 bits per heavy atom. The summed E-state index contributed by atoms with van der Waals surface area (Å²) < 4.78 is 7.33. The molecule has 0 aliphatic carbocycles. The van der Waals surface area contributed by atoms with Crippen LogP contribution in [0.15, 0.2) is 42.6 Å². The van der Waals surface area contributed by atoms with Gasteiger partial charge in [0.15, 0.2) is 11.4 Å². The maximum absolute atomic E-state index is 12.6. The van der Waals surface area contributed by atoms with Crippen LogP contribution >= 0.6 is 11.6 Å². The molecule has 5 nitrogen and oxygen atoms in total. The van der Waals surface area contributed by atoms with Crippen LogP contribution in [-0.2, 0) is 6.54 Å². The average molecular weight is 344 g/mol. The summed E-state index contributed by atoms with van der Waals surface area (Å²) in [5.41, 5.74) is 2.66. The van der Waals surface area contributed by atoms with Crippen LogP contribution in [0.4, 0.5) is 0 Å². The second-order valence-corrected chi connectivity index (χ2v) is 5.73. The van der Waals surface area contributed by atoms with E-state index < -0.39 is 0 Å². The zero-order chi connectivity index (χ0) is 17.1. The Kier molecular flexibility index (Phi) is 4.71. The molecule has 0 unspecified atom stereocenters. The highest BCUT2D eigenvalue weighted by molar-refractivity contribution is 6.31. The van der Waals surface area contributed by atoms with E-state index in [-0.39, 0.29) is 5.91 Å². The predicted octanol–water partition coefficient (Wildman–Crippen LogP) is 3.62. The van der Waals surface area contributed by atoms with Crippen molar-refractivity contribution in [3.8, 4) is 5.75 Å². The van der Waals surface area contributed by atoms with Crippen molar-refractivity contribution in [3.63, 3.8) is 0 Å². The lowest BCUT2D eigenvalue weighted by Crippen LogP contribution is -2.25. The van der Waals surface area contributed by atoms with E-state index in [1.807, 2.05) is 50.4 Å². The molecule has 0 saturated heterocycles. The van der Waals surface area contributed by atoms with Gasteiger partial charge in [-0.2, -0.15) is 0 Å². The molecule has 0 atom stereocenters. The summed E-state index contributed by atoms with van der Waals surface area (Å²) in [4.78, 5) is 17.1.